The van der Waals surface area contributed by atoms with Crippen molar-refractivity contribution in [2.75, 3.05) is 6.54 Å². The Kier molecular flexibility index (Phi) is 3.63. The van der Waals surface area contributed by atoms with Crippen LogP contribution < -0.4 is 5.73 Å². The number of likely N-dealkylation sites (tertiary alicyclic amines) is 1. The third kappa shape index (κ3) is 2.50. The number of nitrogens with zero attached hydrogens (tertiary/aromatic N) is 1. The number of carbonyl (C=O) groups excluding carboxylic acids is 1. The Morgan fingerprint density at radius 3 is 2.79 bits per heavy atom. The predicted molar refractivity (Wildman–Crippen MR) is 73.5 cm³/mol. The molecule has 1 aromatic carbocycles. The highest BCUT2D eigenvalue weighted by atomic mass is 19.1. The van der Waals surface area contributed by atoms with Crippen molar-refractivity contribution >= 4 is 5.91 Å². The minimum absolute atomic E-state index is 0.0215. The summed E-state index contributed by atoms with van der Waals surface area (Å²) in [4.78, 5) is 14.4. The number of aryl methyl sites for hydroxylation is 1. The van der Waals surface area contributed by atoms with Crippen LogP contribution in [0.5, 0.6) is 0 Å². The Hall–Kier alpha value is -1.42. The Morgan fingerprint density at radius 2 is 2.16 bits per heavy atom. The molecule has 0 radical (unpaired) electrons. The van der Waals surface area contributed by atoms with E-state index in [2.05, 4.69) is 0 Å². The van der Waals surface area contributed by atoms with Gasteiger partial charge >= 0.3 is 0 Å². The van der Waals surface area contributed by atoms with E-state index in [1.807, 2.05) is 18.7 Å². The summed E-state index contributed by atoms with van der Waals surface area (Å²) in [6.07, 6.45) is 1.84. The molecule has 1 fully saturated rings. The standard InChI is InChI=1S/C15H21FN2O/c1-10-9-11(6-7-12(10)16)14(19)18-8-4-5-13(17)15(18,2)3/h6-7,9,13H,4-5,8,17H2,1-3H3. The van der Waals surface area contributed by atoms with E-state index in [-0.39, 0.29) is 23.3 Å². The highest BCUT2D eigenvalue weighted by Crippen LogP contribution is 2.28. The van der Waals surface area contributed by atoms with Gasteiger partial charge in [0.2, 0.25) is 0 Å². The highest BCUT2D eigenvalue weighted by Gasteiger charge is 2.39. The molecule has 0 aromatic heterocycles. The molecule has 19 heavy (non-hydrogen) atoms. The zero-order valence-corrected chi connectivity index (χ0v) is 11.7. The van der Waals surface area contributed by atoms with E-state index in [1.54, 1.807) is 19.1 Å². The Bertz CT molecular complexity index is 499. The van der Waals surface area contributed by atoms with Crippen LogP contribution in [0.1, 0.15) is 42.6 Å². The van der Waals surface area contributed by atoms with Crippen LogP contribution in [-0.4, -0.2) is 28.9 Å². The number of hydrogen-bond acceptors (Lipinski definition) is 2. The van der Waals surface area contributed by atoms with Crippen molar-refractivity contribution in [1.82, 2.24) is 4.90 Å². The molecule has 1 heterocycles. The summed E-state index contributed by atoms with van der Waals surface area (Å²) in [6.45, 7) is 6.35. The lowest BCUT2D eigenvalue weighted by Crippen LogP contribution is -2.61. The lowest BCUT2D eigenvalue weighted by atomic mass is 9.85. The van der Waals surface area contributed by atoms with Crippen molar-refractivity contribution in [3.05, 3.63) is 35.1 Å². The zero-order valence-electron chi connectivity index (χ0n) is 11.7. The van der Waals surface area contributed by atoms with Gasteiger partial charge in [-0.3, -0.25) is 4.79 Å². The van der Waals surface area contributed by atoms with Gasteiger partial charge in [0.05, 0.1) is 5.54 Å². The van der Waals surface area contributed by atoms with Crippen molar-refractivity contribution in [3.8, 4) is 0 Å². The number of halogens is 1. The van der Waals surface area contributed by atoms with Gasteiger partial charge in [0.25, 0.3) is 5.91 Å². The number of piperidine rings is 1. The number of benzene rings is 1. The van der Waals surface area contributed by atoms with Gasteiger partial charge in [0.15, 0.2) is 0 Å². The molecule has 1 aliphatic heterocycles. The maximum absolute atomic E-state index is 13.3. The average molecular weight is 264 g/mol. The summed E-state index contributed by atoms with van der Waals surface area (Å²) in [7, 11) is 0. The molecule has 0 spiro atoms. The molecule has 0 aliphatic carbocycles. The highest BCUT2D eigenvalue weighted by molar-refractivity contribution is 5.95. The van der Waals surface area contributed by atoms with Crippen LogP contribution in [0.4, 0.5) is 4.39 Å². The number of amides is 1. The fourth-order valence-electron chi connectivity index (χ4n) is 2.61. The average Bonchev–Trinajstić information content (AvgIpc) is 2.35. The molecule has 1 atom stereocenters. The normalized spacial score (nSPS) is 22.4. The SMILES string of the molecule is Cc1cc(C(=O)N2CCCC(N)C2(C)C)ccc1F. The van der Waals surface area contributed by atoms with E-state index in [0.717, 1.165) is 12.8 Å². The minimum Gasteiger partial charge on any atom is -0.332 e. The first-order chi connectivity index (χ1) is 8.84. The van der Waals surface area contributed by atoms with Crippen molar-refractivity contribution in [3.63, 3.8) is 0 Å². The predicted octanol–water partition coefficient (Wildman–Crippen LogP) is 2.48. The molecule has 2 N–H and O–H groups in total. The van der Waals surface area contributed by atoms with Crippen LogP contribution in [0.3, 0.4) is 0 Å². The fourth-order valence-corrected chi connectivity index (χ4v) is 2.61. The van der Waals surface area contributed by atoms with Crippen LogP contribution in [0.2, 0.25) is 0 Å². The van der Waals surface area contributed by atoms with Crippen LogP contribution in [0.15, 0.2) is 18.2 Å². The summed E-state index contributed by atoms with van der Waals surface area (Å²) in [6, 6.07) is 4.47. The third-order valence-electron chi connectivity index (χ3n) is 4.15. The topological polar surface area (TPSA) is 46.3 Å². The summed E-state index contributed by atoms with van der Waals surface area (Å²) < 4.78 is 13.3. The summed E-state index contributed by atoms with van der Waals surface area (Å²) in [5.41, 5.74) is 6.77. The Labute approximate surface area is 113 Å². The second kappa shape index (κ2) is 4.93. The first-order valence-electron chi connectivity index (χ1n) is 6.67. The number of hydrogen-bond donors (Lipinski definition) is 1. The van der Waals surface area contributed by atoms with E-state index < -0.39 is 0 Å². The second-order valence-corrected chi connectivity index (χ2v) is 5.82. The zero-order chi connectivity index (χ0) is 14.2. The molecule has 104 valence electrons. The summed E-state index contributed by atoms with van der Waals surface area (Å²) >= 11 is 0. The van der Waals surface area contributed by atoms with E-state index in [9.17, 15) is 9.18 Å². The van der Waals surface area contributed by atoms with E-state index >= 15 is 0 Å². The number of nitrogens with two attached hydrogens (primary N) is 1. The van der Waals surface area contributed by atoms with Gasteiger partial charge in [-0.15, -0.1) is 0 Å². The number of rotatable bonds is 1. The molecular formula is C15H21FN2O. The second-order valence-electron chi connectivity index (χ2n) is 5.82. The smallest absolute Gasteiger partial charge is 0.254 e. The largest absolute Gasteiger partial charge is 0.332 e. The van der Waals surface area contributed by atoms with Gasteiger partial charge in [-0.2, -0.15) is 0 Å². The third-order valence-corrected chi connectivity index (χ3v) is 4.15. The monoisotopic (exact) mass is 264 g/mol. The van der Waals surface area contributed by atoms with Gasteiger partial charge in [-0.05, 0) is 57.4 Å². The molecular weight excluding hydrogens is 243 g/mol. The van der Waals surface area contributed by atoms with Crippen LogP contribution in [-0.2, 0) is 0 Å². The van der Waals surface area contributed by atoms with Crippen molar-refractivity contribution in [1.29, 1.82) is 0 Å². The van der Waals surface area contributed by atoms with E-state index in [0.29, 0.717) is 17.7 Å². The van der Waals surface area contributed by atoms with Gasteiger partial charge in [0, 0.05) is 18.2 Å². The minimum atomic E-state index is -0.363. The lowest BCUT2D eigenvalue weighted by Gasteiger charge is -2.46. The molecule has 1 aliphatic rings. The molecule has 1 aromatic rings. The molecule has 0 saturated carbocycles. The molecule has 1 amide bonds. The Balaban J connectivity index is 2.30. The maximum atomic E-state index is 13.3. The summed E-state index contributed by atoms with van der Waals surface area (Å²) in [5, 5.41) is 0. The van der Waals surface area contributed by atoms with Gasteiger partial charge in [0.1, 0.15) is 5.82 Å². The first-order valence-corrected chi connectivity index (χ1v) is 6.67. The van der Waals surface area contributed by atoms with Gasteiger partial charge < -0.3 is 10.6 Å². The van der Waals surface area contributed by atoms with Crippen LogP contribution >= 0.6 is 0 Å². The van der Waals surface area contributed by atoms with E-state index in [4.69, 9.17) is 5.73 Å². The van der Waals surface area contributed by atoms with Crippen molar-refractivity contribution in [2.45, 2.75) is 45.2 Å². The molecule has 1 saturated heterocycles. The first kappa shape index (κ1) is 14.0. The maximum Gasteiger partial charge on any atom is 0.254 e. The van der Waals surface area contributed by atoms with Crippen LogP contribution in [0.25, 0.3) is 0 Å². The van der Waals surface area contributed by atoms with Gasteiger partial charge in [-0.25, -0.2) is 4.39 Å². The van der Waals surface area contributed by atoms with E-state index in [1.165, 1.54) is 6.07 Å². The van der Waals surface area contributed by atoms with Crippen molar-refractivity contribution < 1.29 is 9.18 Å². The molecule has 3 nitrogen and oxygen atoms in total. The van der Waals surface area contributed by atoms with Gasteiger partial charge in [-0.1, -0.05) is 0 Å². The Morgan fingerprint density at radius 1 is 1.47 bits per heavy atom. The quantitative estimate of drug-likeness (QED) is 0.847. The van der Waals surface area contributed by atoms with Crippen LogP contribution in [0, 0.1) is 12.7 Å². The molecule has 2 rings (SSSR count). The summed E-state index contributed by atoms with van der Waals surface area (Å²) in [5.74, 6) is -0.352. The number of carbonyl (C=O) groups is 1. The van der Waals surface area contributed by atoms with Crippen molar-refractivity contribution in [2.24, 2.45) is 5.73 Å². The molecule has 0 bridgehead atoms. The molecule has 4 heteroatoms. The molecule has 1 unspecified atom stereocenters. The fraction of sp³-hybridized carbons (Fsp3) is 0.533. The lowest BCUT2D eigenvalue weighted by molar-refractivity contribution is 0.0362.